The third-order valence-electron chi connectivity index (χ3n) is 4.60. The van der Waals surface area contributed by atoms with E-state index in [9.17, 15) is 13.2 Å². The van der Waals surface area contributed by atoms with Gasteiger partial charge in [-0.05, 0) is 18.4 Å². The average molecular weight is 338 g/mol. The summed E-state index contributed by atoms with van der Waals surface area (Å²) in [7, 11) is -3.24. The van der Waals surface area contributed by atoms with Crippen LogP contribution >= 0.6 is 0 Å². The molecule has 0 atom stereocenters. The largest absolute Gasteiger partial charge is 0.441 e. The van der Waals surface area contributed by atoms with Gasteiger partial charge in [-0.2, -0.15) is 0 Å². The summed E-state index contributed by atoms with van der Waals surface area (Å²) >= 11 is 0. The number of aryl methyl sites for hydroxylation is 1. The first-order chi connectivity index (χ1) is 11.0. The van der Waals surface area contributed by atoms with Gasteiger partial charge in [-0.15, -0.1) is 0 Å². The number of benzene rings is 1. The van der Waals surface area contributed by atoms with E-state index in [2.05, 4.69) is 5.32 Å². The summed E-state index contributed by atoms with van der Waals surface area (Å²) in [6.07, 6.45) is 2.10. The molecule has 1 amide bonds. The van der Waals surface area contributed by atoms with Crippen molar-refractivity contribution in [1.82, 2.24) is 9.62 Å². The number of rotatable bonds is 5. The standard InChI is InChI=1S/C16H22N2O4S/c19-15-17-13-16(22-15)8-10-18(11-9-16)23(20,21)12-4-7-14-5-2-1-3-6-14/h1-3,5-6H,4,7-13H2,(H,17,19). The smallest absolute Gasteiger partial charge is 0.407 e. The first-order valence-corrected chi connectivity index (χ1v) is 9.59. The summed E-state index contributed by atoms with van der Waals surface area (Å²) in [6, 6.07) is 9.90. The fourth-order valence-corrected chi connectivity index (χ4v) is 4.69. The van der Waals surface area contributed by atoms with E-state index in [0.717, 1.165) is 12.0 Å². The summed E-state index contributed by atoms with van der Waals surface area (Å²) < 4.78 is 31.7. The maximum absolute atomic E-state index is 12.4. The van der Waals surface area contributed by atoms with Crippen molar-refractivity contribution in [2.75, 3.05) is 25.4 Å². The van der Waals surface area contributed by atoms with Crippen LogP contribution in [0.25, 0.3) is 0 Å². The molecule has 1 spiro atoms. The molecule has 0 aliphatic carbocycles. The normalized spacial score (nSPS) is 21.1. The van der Waals surface area contributed by atoms with Gasteiger partial charge in [0.25, 0.3) is 0 Å². The second-order valence-corrected chi connectivity index (χ2v) is 8.32. The summed E-state index contributed by atoms with van der Waals surface area (Å²) in [5.74, 6) is 0.160. The number of carbonyl (C=O) groups excluding carboxylic acids is 1. The van der Waals surface area contributed by atoms with E-state index in [0.29, 0.717) is 38.9 Å². The van der Waals surface area contributed by atoms with Crippen LogP contribution in [0.15, 0.2) is 30.3 Å². The van der Waals surface area contributed by atoms with Gasteiger partial charge in [-0.1, -0.05) is 30.3 Å². The molecule has 23 heavy (non-hydrogen) atoms. The van der Waals surface area contributed by atoms with Gasteiger partial charge in [0.15, 0.2) is 0 Å². The van der Waals surface area contributed by atoms with Gasteiger partial charge in [-0.25, -0.2) is 17.5 Å². The molecule has 2 aliphatic rings. The average Bonchev–Trinajstić information content (AvgIpc) is 2.89. The van der Waals surface area contributed by atoms with E-state index >= 15 is 0 Å². The van der Waals surface area contributed by atoms with E-state index in [1.807, 2.05) is 30.3 Å². The van der Waals surface area contributed by atoms with E-state index in [1.165, 1.54) is 4.31 Å². The van der Waals surface area contributed by atoms with E-state index in [1.54, 1.807) is 0 Å². The molecular weight excluding hydrogens is 316 g/mol. The fraction of sp³-hybridized carbons (Fsp3) is 0.562. The summed E-state index contributed by atoms with van der Waals surface area (Å²) in [5.41, 5.74) is 0.650. The highest BCUT2D eigenvalue weighted by atomic mass is 32.2. The van der Waals surface area contributed by atoms with Crippen LogP contribution in [0, 0.1) is 0 Å². The quantitative estimate of drug-likeness (QED) is 0.883. The predicted molar refractivity (Wildman–Crippen MR) is 86.6 cm³/mol. The van der Waals surface area contributed by atoms with Gasteiger partial charge in [-0.3, -0.25) is 0 Å². The highest BCUT2D eigenvalue weighted by Gasteiger charge is 2.44. The molecule has 2 saturated heterocycles. The van der Waals surface area contributed by atoms with Crippen LogP contribution in [-0.2, 0) is 21.2 Å². The van der Waals surface area contributed by atoms with Crippen molar-refractivity contribution in [1.29, 1.82) is 0 Å². The molecule has 0 radical (unpaired) electrons. The third-order valence-corrected chi connectivity index (χ3v) is 6.56. The van der Waals surface area contributed by atoms with Crippen molar-refractivity contribution in [3.8, 4) is 0 Å². The molecule has 0 aromatic heterocycles. The van der Waals surface area contributed by atoms with Gasteiger partial charge in [0.05, 0.1) is 12.3 Å². The Labute approximate surface area is 136 Å². The molecule has 1 N–H and O–H groups in total. The van der Waals surface area contributed by atoms with Crippen LogP contribution < -0.4 is 5.32 Å². The highest BCUT2D eigenvalue weighted by Crippen LogP contribution is 2.30. The molecule has 7 heteroatoms. The Morgan fingerprint density at radius 3 is 2.48 bits per heavy atom. The molecule has 0 unspecified atom stereocenters. The minimum Gasteiger partial charge on any atom is -0.441 e. The lowest BCUT2D eigenvalue weighted by Gasteiger charge is -2.36. The van der Waals surface area contributed by atoms with Crippen molar-refractivity contribution in [2.24, 2.45) is 0 Å². The molecule has 126 valence electrons. The van der Waals surface area contributed by atoms with Crippen LogP contribution in [-0.4, -0.2) is 49.8 Å². The van der Waals surface area contributed by atoms with Crippen molar-refractivity contribution in [3.05, 3.63) is 35.9 Å². The molecule has 0 saturated carbocycles. The molecule has 2 aliphatic heterocycles. The lowest BCUT2D eigenvalue weighted by Crippen LogP contribution is -2.49. The lowest BCUT2D eigenvalue weighted by atomic mass is 9.93. The number of nitrogens with zero attached hydrogens (tertiary/aromatic N) is 1. The van der Waals surface area contributed by atoms with Gasteiger partial charge in [0, 0.05) is 25.9 Å². The van der Waals surface area contributed by atoms with Crippen molar-refractivity contribution in [2.45, 2.75) is 31.3 Å². The Balaban J connectivity index is 1.50. The Hall–Kier alpha value is -1.60. The van der Waals surface area contributed by atoms with Gasteiger partial charge in [0.1, 0.15) is 5.60 Å². The third kappa shape index (κ3) is 3.84. The van der Waals surface area contributed by atoms with Gasteiger partial charge < -0.3 is 10.1 Å². The number of amides is 1. The zero-order chi connectivity index (χ0) is 16.3. The number of piperidine rings is 1. The molecule has 2 heterocycles. The molecule has 0 bridgehead atoms. The SMILES string of the molecule is O=C1NCC2(CCN(S(=O)(=O)CCCc3ccccc3)CC2)O1. The molecule has 2 fully saturated rings. The number of hydrogen-bond donors (Lipinski definition) is 1. The van der Waals surface area contributed by atoms with Crippen LogP contribution in [0.2, 0.25) is 0 Å². The van der Waals surface area contributed by atoms with Crippen LogP contribution in [0.1, 0.15) is 24.8 Å². The first kappa shape index (κ1) is 16.3. The van der Waals surface area contributed by atoms with Crippen molar-refractivity contribution < 1.29 is 17.9 Å². The zero-order valence-corrected chi connectivity index (χ0v) is 13.8. The number of alkyl carbamates (subject to hydrolysis) is 1. The molecule has 6 nitrogen and oxygen atoms in total. The molecular formula is C16H22N2O4S. The van der Waals surface area contributed by atoms with Crippen LogP contribution in [0.4, 0.5) is 4.79 Å². The highest BCUT2D eigenvalue weighted by molar-refractivity contribution is 7.89. The monoisotopic (exact) mass is 338 g/mol. The van der Waals surface area contributed by atoms with Gasteiger partial charge >= 0.3 is 6.09 Å². The minimum atomic E-state index is -3.24. The fourth-order valence-electron chi connectivity index (χ4n) is 3.19. The molecule has 3 rings (SSSR count). The number of sulfonamides is 1. The summed E-state index contributed by atoms with van der Waals surface area (Å²) in [5, 5.41) is 2.66. The maximum atomic E-state index is 12.4. The van der Waals surface area contributed by atoms with Gasteiger partial charge in [0.2, 0.25) is 10.0 Å². The summed E-state index contributed by atoms with van der Waals surface area (Å²) in [4.78, 5) is 11.2. The first-order valence-electron chi connectivity index (χ1n) is 7.98. The zero-order valence-electron chi connectivity index (χ0n) is 13.0. The van der Waals surface area contributed by atoms with Crippen molar-refractivity contribution >= 4 is 16.1 Å². The Kier molecular flexibility index (Phi) is 4.59. The number of ether oxygens (including phenoxy) is 1. The topological polar surface area (TPSA) is 75.7 Å². The van der Waals surface area contributed by atoms with E-state index in [4.69, 9.17) is 4.74 Å². The molecule has 1 aromatic rings. The van der Waals surface area contributed by atoms with E-state index in [-0.39, 0.29) is 5.75 Å². The van der Waals surface area contributed by atoms with Crippen molar-refractivity contribution in [3.63, 3.8) is 0 Å². The molecule has 1 aromatic carbocycles. The number of hydrogen-bond acceptors (Lipinski definition) is 4. The maximum Gasteiger partial charge on any atom is 0.407 e. The Morgan fingerprint density at radius 1 is 1.17 bits per heavy atom. The predicted octanol–water partition coefficient (Wildman–Crippen LogP) is 1.52. The Bertz CT molecular complexity index is 652. The van der Waals surface area contributed by atoms with Crippen LogP contribution in [0.3, 0.4) is 0 Å². The number of carbonyl (C=O) groups is 1. The van der Waals surface area contributed by atoms with E-state index < -0.39 is 21.7 Å². The second kappa shape index (κ2) is 6.49. The summed E-state index contributed by atoms with van der Waals surface area (Å²) in [6.45, 7) is 1.32. The lowest BCUT2D eigenvalue weighted by molar-refractivity contribution is 0.0173. The Morgan fingerprint density at radius 2 is 1.87 bits per heavy atom. The number of nitrogens with one attached hydrogen (secondary N) is 1. The van der Waals surface area contributed by atoms with Crippen LogP contribution in [0.5, 0.6) is 0 Å². The minimum absolute atomic E-state index is 0.160. The second-order valence-electron chi connectivity index (χ2n) is 6.23.